The first-order valence-electron chi connectivity index (χ1n) is 11.4. The summed E-state index contributed by atoms with van der Waals surface area (Å²) in [5.41, 5.74) is 8.45. The van der Waals surface area contributed by atoms with E-state index in [1.54, 1.807) is 0 Å². The summed E-state index contributed by atoms with van der Waals surface area (Å²) < 4.78 is 2.08. The van der Waals surface area contributed by atoms with Gasteiger partial charge in [0, 0.05) is 24.3 Å². The lowest BCUT2D eigenvalue weighted by atomic mass is 9.91. The van der Waals surface area contributed by atoms with Crippen LogP contribution in [0.5, 0.6) is 0 Å². The van der Waals surface area contributed by atoms with Crippen molar-refractivity contribution >= 4 is 17.4 Å². The molecule has 0 spiro atoms. The van der Waals surface area contributed by atoms with Crippen molar-refractivity contribution < 1.29 is 4.79 Å². The molecule has 1 amide bonds. The molecule has 2 aromatic rings. The number of nitrogens with two attached hydrogens (primary N) is 1. The van der Waals surface area contributed by atoms with E-state index in [2.05, 4.69) is 28.9 Å². The molecule has 0 aromatic carbocycles. The van der Waals surface area contributed by atoms with Crippen LogP contribution in [0.4, 0.5) is 5.82 Å². The van der Waals surface area contributed by atoms with Crippen LogP contribution in [-0.2, 0) is 0 Å². The molecule has 0 saturated heterocycles. The number of aromatic nitrogens is 2. The highest BCUT2D eigenvalue weighted by Gasteiger charge is 2.25. The van der Waals surface area contributed by atoms with E-state index in [0.717, 1.165) is 42.8 Å². The lowest BCUT2D eigenvalue weighted by Gasteiger charge is -2.26. The maximum atomic E-state index is 13.1. The van der Waals surface area contributed by atoms with Crippen molar-refractivity contribution in [2.75, 3.05) is 5.32 Å². The molecule has 2 aliphatic carbocycles. The first-order chi connectivity index (χ1) is 14.0. The van der Waals surface area contributed by atoms with Crippen LogP contribution in [0.25, 0.3) is 5.65 Å². The van der Waals surface area contributed by atoms with Crippen LogP contribution in [0, 0.1) is 0 Å². The van der Waals surface area contributed by atoms with Crippen LogP contribution in [-0.4, -0.2) is 33.4 Å². The van der Waals surface area contributed by atoms with Gasteiger partial charge in [-0.25, -0.2) is 4.98 Å². The second-order valence-electron chi connectivity index (χ2n) is 9.18. The molecule has 4 rings (SSSR count). The Bertz CT molecular complexity index is 844. The number of carbonyl (C=O) groups is 1. The van der Waals surface area contributed by atoms with Gasteiger partial charge in [0.25, 0.3) is 5.91 Å². The van der Waals surface area contributed by atoms with E-state index >= 15 is 0 Å². The van der Waals surface area contributed by atoms with E-state index in [9.17, 15) is 4.79 Å². The van der Waals surface area contributed by atoms with Crippen LogP contribution in [0.1, 0.15) is 93.6 Å². The van der Waals surface area contributed by atoms with E-state index in [-0.39, 0.29) is 23.9 Å². The number of hydrogen-bond acceptors (Lipinski definition) is 4. The van der Waals surface area contributed by atoms with E-state index in [1.165, 1.54) is 32.1 Å². The lowest BCUT2D eigenvalue weighted by molar-refractivity contribution is 0.0927. The first-order valence-corrected chi connectivity index (χ1v) is 11.4. The van der Waals surface area contributed by atoms with Gasteiger partial charge in [-0.15, -0.1) is 0 Å². The quantitative estimate of drug-likeness (QED) is 0.706. The molecule has 2 fully saturated rings. The molecule has 0 aliphatic heterocycles. The van der Waals surface area contributed by atoms with Crippen LogP contribution in [0.2, 0.25) is 0 Å². The largest absolute Gasteiger partial charge is 0.367 e. The predicted molar refractivity (Wildman–Crippen MR) is 117 cm³/mol. The maximum absolute atomic E-state index is 13.1. The highest BCUT2D eigenvalue weighted by atomic mass is 16.1. The number of rotatable bonds is 5. The van der Waals surface area contributed by atoms with Crippen molar-refractivity contribution in [3.05, 3.63) is 29.6 Å². The number of nitrogens with one attached hydrogen (secondary N) is 2. The van der Waals surface area contributed by atoms with Crippen LogP contribution >= 0.6 is 0 Å². The molecule has 2 heterocycles. The minimum atomic E-state index is -0.0272. The number of pyridine rings is 1. The standard InChI is InChI=1S/C23H35N5O/c1-15(2)20-22(25-17-7-4-3-5-8-17)28-14-6-9-19(21(28)27-20)23(29)26-18-12-10-16(24)11-13-18/h6,9,14-18,25H,3-5,7-8,10-13,24H2,1-2H3,(H,26,29). The zero-order chi connectivity index (χ0) is 20.4. The molecule has 2 saturated carbocycles. The second-order valence-corrected chi connectivity index (χ2v) is 9.18. The fourth-order valence-electron chi connectivity index (χ4n) is 4.78. The number of carbonyl (C=O) groups excluding carboxylic acids is 1. The summed E-state index contributed by atoms with van der Waals surface area (Å²) in [6.07, 6.45) is 12.2. The summed E-state index contributed by atoms with van der Waals surface area (Å²) >= 11 is 0. The smallest absolute Gasteiger partial charge is 0.255 e. The topological polar surface area (TPSA) is 84.5 Å². The Morgan fingerprint density at radius 2 is 1.83 bits per heavy atom. The molecule has 2 aromatic heterocycles. The van der Waals surface area contributed by atoms with E-state index in [1.807, 2.05) is 18.3 Å². The highest BCUT2D eigenvalue weighted by Crippen LogP contribution is 2.30. The normalized spacial score (nSPS) is 23.4. The fraction of sp³-hybridized carbons (Fsp3) is 0.652. The average molecular weight is 398 g/mol. The van der Waals surface area contributed by atoms with Gasteiger partial charge in [-0.2, -0.15) is 0 Å². The third kappa shape index (κ3) is 4.42. The lowest BCUT2D eigenvalue weighted by Crippen LogP contribution is -2.40. The Morgan fingerprint density at radius 1 is 1.10 bits per heavy atom. The van der Waals surface area contributed by atoms with Crippen LogP contribution < -0.4 is 16.4 Å². The number of amides is 1. The molecule has 0 radical (unpaired) electrons. The van der Waals surface area contributed by atoms with Gasteiger partial charge in [-0.05, 0) is 56.6 Å². The number of fused-ring (bicyclic) bond motifs is 1. The Kier molecular flexibility index (Phi) is 6.09. The maximum Gasteiger partial charge on any atom is 0.255 e. The monoisotopic (exact) mass is 397 g/mol. The van der Waals surface area contributed by atoms with Gasteiger partial charge >= 0.3 is 0 Å². The molecule has 0 bridgehead atoms. The summed E-state index contributed by atoms with van der Waals surface area (Å²) in [7, 11) is 0. The van der Waals surface area contributed by atoms with Crippen molar-refractivity contribution in [3.8, 4) is 0 Å². The van der Waals surface area contributed by atoms with Crippen molar-refractivity contribution in [1.29, 1.82) is 0 Å². The molecule has 2 aliphatic rings. The highest BCUT2D eigenvalue weighted by molar-refractivity contribution is 6.00. The Labute approximate surface area is 173 Å². The van der Waals surface area contributed by atoms with Crippen molar-refractivity contribution in [2.24, 2.45) is 5.73 Å². The molecule has 0 atom stereocenters. The molecular formula is C23H35N5O. The van der Waals surface area contributed by atoms with Gasteiger partial charge in [-0.3, -0.25) is 9.20 Å². The number of imidazole rings is 1. The summed E-state index contributed by atoms with van der Waals surface area (Å²) in [6, 6.07) is 4.82. The minimum absolute atomic E-state index is 0.0272. The van der Waals surface area contributed by atoms with E-state index in [4.69, 9.17) is 10.7 Å². The molecule has 4 N–H and O–H groups in total. The van der Waals surface area contributed by atoms with Crippen molar-refractivity contribution in [2.45, 2.75) is 95.7 Å². The number of anilines is 1. The molecule has 6 heteroatoms. The van der Waals surface area contributed by atoms with Gasteiger partial charge < -0.3 is 16.4 Å². The van der Waals surface area contributed by atoms with Crippen molar-refractivity contribution in [3.63, 3.8) is 0 Å². The SMILES string of the molecule is CC(C)c1nc2c(C(=O)NC3CCC(N)CC3)cccn2c1NC1CCCCC1. The summed E-state index contributed by atoms with van der Waals surface area (Å²) in [5.74, 6) is 1.32. The predicted octanol–water partition coefficient (Wildman–Crippen LogP) is 4.20. The van der Waals surface area contributed by atoms with E-state index in [0.29, 0.717) is 11.6 Å². The Balaban J connectivity index is 1.61. The fourth-order valence-corrected chi connectivity index (χ4v) is 4.78. The van der Waals surface area contributed by atoms with Gasteiger partial charge in [0.2, 0.25) is 0 Å². The molecule has 158 valence electrons. The zero-order valence-corrected chi connectivity index (χ0v) is 17.8. The molecule has 29 heavy (non-hydrogen) atoms. The minimum Gasteiger partial charge on any atom is -0.367 e. The van der Waals surface area contributed by atoms with Gasteiger partial charge in [-0.1, -0.05) is 33.1 Å². The molecule has 0 unspecified atom stereocenters. The zero-order valence-electron chi connectivity index (χ0n) is 17.8. The van der Waals surface area contributed by atoms with Gasteiger partial charge in [0.1, 0.15) is 5.82 Å². The number of nitrogens with zero attached hydrogens (tertiary/aromatic N) is 2. The Hall–Kier alpha value is -2.08. The van der Waals surface area contributed by atoms with Crippen molar-refractivity contribution in [1.82, 2.24) is 14.7 Å². The second kappa shape index (κ2) is 8.74. The summed E-state index contributed by atoms with van der Waals surface area (Å²) in [4.78, 5) is 18.0. The van der Waals surface area contributed by atoms with E-state index < -0.39 is 0 Å². The van der Waals surface area contributed by atoms with Gasteiger partial charge in [0.15, 0.2) is 5.65 Å². The average Bonchev–Trinajstić information content (AvgIpc) is 3.09. The number of hydrogen-bond donors (Lipinski definition) is 3. The summed E-state index contributed by atoms with van der Waals surface area (Å²) in [5, 5.41) is 6.98. The summed E-state index contributed by atoms with van der Waals surface area (Å²) in [6.45, 7) is 4.33. The third-order valence-electron chi connectivity index (χ3n) is 6.52. The Morgan fingerprint density at radius 3 is 2.52 bits per heavy atom. The third-order valence-corrected chi connectivity index (χ3v) is 6.52. The van der Waals surface area contributed by atoms with Crippen LogP contribution in [0.3, 0.4) is 0 Å². The van der Waals surface area contributed by atoms with Crippen LogP contribution in [0.15, 0.2) is 18.3 Å². The first kappa shape index (κ1) is 20.2. The molecular weight excluding hydrogens is 362 g/mol. The molecule has 6 nitrogen and oxygen atoms in total. The van der Waals surface area contributed by atoms with Gasteiger partial charge in [0.05, 0.1) is 11.3 Å².